The summed E-state index contributed by atoms with van der Waals surface area (Å²) in [6.07, 6.45) is 5.23. The van der Waals surface area contributed by atoms with Gasteiger partial charge >= 0.3 is 0 Å². The van der Waals surface area contributed by atoms with E-state index in [1.807, 2.05) is 37.3 Å². The van der Waals surface area contributed by atoms with Crippen LogP contribution in [-0.4, -0.2) is 42.4 Å². The number of carbonyl (C=O) groups is 2. The molecule has 1 aliphatic heterocycles. The number of amides is 2. The molecule has 0 aliphatic carbocycles. The van der Waals surface area contributed by atoms with Gasteiger partial charge in [-0.05, 0) is 64.0 Å². The second-order valence-electron chi connectivity index (χ2n) is 7.44. The van der Waals surface area contributed by atoms with Crippen LogP contribution in [0, 0.1) is 6.92 Å². The molecule has 6 nitrogen and oxygen atoms in total. The highest BCUT2D eigenvalue weighted by Crippen LogP contribution is 2.24. The Morgan fingerprint density at radius 3 is 2.61 bits per heavy atom. The lowest BCUT2D eigenvalue weighted by Gasteiger charge is -2.33. The lowest BCUT2D eigenvalue weighted by Crippen LogP contribution is -2.47. The van der Waals surface area contributed by atoms with Crippen LogP contribution in [-0.2, 0) is 4.79 Å². The van der Waals surface area contributed by atoms with Crippen LogP contribution in [0.15, 0.2) is 47.1 Å². The van der Waals surface area contributed by atoms with Crippen LogP contribution >= 0.6 is 0 Å². The molecular formula is C22H29N3O3. The lowest BCUT2D eigenvalue weighted by atomic mass is 10.1. The Hall–Kier alpha value is -2.60. The average molecular weight is 383 g/mol. The third-order valence-electron chi connectivity index (χ3n) is 5.19. The summed E-state index contributed by atoms with van der Waals surface area (Å²) < 4.78 is 5.61. The molecule has 2 aromatic rings. The zero-order chi connectivity index (χ0) is 19.9. The molecule has 0 spiro atoms. The van der Waals surface area contributed by atoms with Gasteiger partial charge in [0.15, 0.2) is 0 Å². The number of hydrogen-bond donors (Lipinski definition) is 2. The highest BCUT2D eigenvalue weighted by atomic mass is 16.3. The first-order valence-electron chi connectivity index (χ1n) is 9.97. The second-order valence-corrected chi connectivity index (χ2v) is 7.44. The minimum atomic E-state index is -0.619. The van der Waals surface area contributed by atoms with Gasteiger partial charge in [0, 0.05) is 12.1 Å². The zero-order valence-corrected chi connectivity index (χ0v) is 16.6. The summed E-state index contributed by atoms with van der Waals surface area (Å²) in [5.74, 6) is 0.415. The fourth-order valence-corrected chi connectivity index (χ4v) is 3.60. The van der Waals surface area contributed by atoms with E-state index in [2.05, 4.69) is 15.5 Å². The van der Waals surface area contributed by atoms with Crippen molar-refractivity contribution in [2.45, 2.75) is 45.2 Å². The lowest BCUT2D eigenvalue weighted by molar-refractivity contribution is -0.122. The second kappa shape index (κ2) is 9.55. The molecule has 2 amide bonds. The fraction of sp³-hybridized carbons (Fsp3) is 0.455. The van der Waals surface area contributed by atoms with Gasteiger partial charge in [0.1, 0.15) is 11.8 Å². The molecule has 1 fully saturated rings. The summed E-state index contributed by atoms with van der Waals surface area (Å²) in [6.45, 7) is 6.09. The van der Waals surface area contributed by atoms with E-state index >= 15 is 0 Å². The summed E-state index contributed by atoms with van der Waals surface area (Å²) in [4.78, 5) is 27.3. The van der Waals surface area contributed by atoms with Gasteiger partial charge in [-0.25, -0.2) is 0 Å². The van der Waals surface area contributed by atoms with Gasteiger partial charge in [0.05, 0.1) is 12.3 Å². The number of nitrogens with one attached hydrogen (secondary N) is 2. The van der Waals surface area contributed by atoms with Crippen LogP contribution in [0.1, 0.15) is 53.9 Å². The van der Waals surface area contributed by atoms with E-state index in [4.69, 9.17) is 4.42 Å². The Balaban J connectivity index is 1.56. The van der Waals surface area contributed by atoms with Crippen molar-refractivity contribution in [1.29, 1.82) is 0 Å². The van der Waals surface area contributed by atoms with Crippen LogP contribution in [0.3, 0.4) is 0 Å². The van der Waals surface area contributed by atoms with Crippen molar-refractivity contribution in [2.75, 3.05) is 19.6 Å². The number of aryl methyl sites for hydroxylation is 1. The normalized spacial score (nSPS) is 16.9. The number of carbonyl (C=O) groups excluding carboxylic acids is 2. The first-order valence-corrected chi connectivity index (χ1v) is 9.97. The molecule has 2 heterocycles. The van der Waals surface area contributed by atoms with E-state index in [0.717, 1.165) is 37.3 Å². The summed E-state index contributed by atoms with van der Waals surface area (Å²) in [5, 5.41) is 5.75. The predicted octanol–water partition coefficient (Wildman–Crippen LogP) is 3.05. The molecule has 2 N–H and O–H groups in total. The first-order chi connectivity index (χ1) is 13.5. The third-order valence-corrected chi connectivity index (χ3v) is 5.19. The predicted molar refractivity (Wildman–Crippen MR) is 108 cm³/mol. The molecule has 28 heavy (non-hydrogen) atoms. The van der Waals surface area contributed by atoms with Crippen LogP contribution in [0.25, 0.3) is 0 Å². The third kappa shape index (κ3) is 5.23. The van der Waals surface area contributed by atoms with Crippen molar-refractivity contribution in [3.05, 3.63) is 59.5 Å². The number of benzene rings is 1. The van der Waals surface area contributed by atoms with Gasteiger partial charge in [-0.2, -0.15) is 0 Å². The Morgan fingerprint density at radius 2 is 1.93 bits per heavy atom. The van der Waals surface area contributed by atoms with Gasteiger partial charge in [-0.1, -0.05) is 24.1 Å². The standard InChI is InChI=1S/C22H29N3O3/c1-16-8-6-9-18(14-16)22(27)24-17(2)21(26)23-15-19(20-10-7-13-28-20)25-11-4-3-5-12-25/h6-10,13-14,17,19H,3-5,11-12,15H2,1-2H3,(H,23,26)(H,24,27). The maximum Gasteiger partial charge on any atom is 0.251 e. The van der Waals surface area contributed by atoms with Crippen molar-refractivity contribution in [3.8, 4) is 0 Å². The highest BCUT2D eigenvalue weighted by molar-refractivity contribution is 5.97. The number of nitrogens with zero attached hydrogens (tertiary/aromatic N) is 1. The number of likely N-dealkylation sites (tertiary alicyclic amines) is 1. The molecule has 3 rings (SSSR count). The van der Waals surface area contributed by atoms with Crippen molar-refractivity contribution in [3.63, 3.8) is 0 Å². The van der Waals surface area contributed by atoms with Gasteiger partial charge in [0.25, 0.3) is 5.91 Å². The van der Waals surface area contributed by atoms with E-state index in [-0.39, 0.29) is 17.9 Å². The number of furan rings is 1. The molecule has 150 valence electrons. The summed E-state index contributed by atoms with van der Waals surface area (Å²) in [7, 11) is 0. The van der Waals surface area contributed by atoms with Crippen molar-refractivity contribution < 1.29 is 14.0 Å². The molecule has 0 radical (unpaired) electrons. The molecule has 1 aromatic heterocycles. The van der Waals surface area contributed by atoms with Gasteiger partial charge in [0.2, 0.25) is 5.91 Å². The quantitative estimate of drug-likeness (QED) is 0.771. The topological polar surface area (TPSA) is 74.6 Å². The molecule has 0 saturated carbocycles. The van der Waals surface area contributed by atoms with E-state index in [9.17, 15) is 9.59 Å². The van der Waals surface area contributed by atoms with Gasteiger partial charge in [-0.15, -0.1) is 0 Å². The number of rotatable bonds is 7. The Kier molecular flexibility index (Phi) is 6.87. The van der Waals surface area contributed by atoms with Gasteiger partial charge in [-0.3, -0.25) is 14.5 Å². The summed E-state index contributed by atoms with van der Waals surface area (Å²) >= 11 is 0. The van der Waals surface area contributed by atoms with Gasteiger partial charge < -0.3 is 15.1 Å². The van der Waals surface area contributed by atoms with Crippen molar-refractivity contribution >= 4 is 11.8 Å². The van der Waals surface area contributed by atoms with Crippen molar-refractivity contribution in [1.82, 2.24) is 15.5 Å². The highest BCUT2D eigenvalue weighted by Gasteiger charge is 2.26. The monoisotopic (exact) mass is 383 g/mol. The SMILES string of the molecule is Cc1cccc(C(=O)NC(C)C(=O)NCC(c2ccco2)N2CCCCC2)c1. The smallest absolute Gasteiger partial charge is 0.251 e. The first kappa shape index (κ1) is 20.1. The van der Waals surface area contributed by atoms with E-state index < -0.39 is 6.04 Å². The molecule has 1 saturated heterocycles. The molecule has 6 heteroatoms. The minimum Gasteiger partial charge on any atom is -0.468 e. The molecule has 0 bridgehead atoms. The van der Waals surface area contributed by atoms with Crippen LogP contribution in [0.5, 0.6) is 0 Å². The number of piperidine rings is 1. The number of hydrogen-bond acceptors (Lipinski definition) is 4. The zero-order valence-electron chi connectivity index (χ0n) is 16.6. The molecule has 2 unspecified atom stereocenters. The average Bonchev–Trinajstić information content (AvgIpc) is 3.23. The fourth-order valence-electron chi connectivity index (χ4n) is 3.60. The van der Waals surface area contributed by atoms with E-state index in [1.54, 1.807) is 19.3 Å². The molecule has 1 aliphatic rings. The maximum absolute atomic E-state index is 12.6. The minimum absolute atomic E-state index is 0.0129. The largest absolute Gasteiger partial charge is 0.468 e. The summed E-state index contributed by atoms with van der Waals surface area (Å²) in [6, 6.07) is 10.5. The van der Waals surface area contributed by atoms with Crippen LogP contribution < -0.4 is 10.6 Å². The van der Waals surface area contributed by atoms with Crippen molar-refractivity contribution in [2.24, 2.45) is 0 Å². The molecular weight excluding hydrogens is 354 g/mol. The molecule has 2 atom stereocenters. The molecule has 1 aromatic carbocycles. The Labute approximate surface area is 166 Å². The van der Waals surface area contributed by atoms with E-state index in [0.29, 0.717) is 12.1 Å². The van der Waals surface area contributed by atoms with E-state index in [1.165, 1.54) is 6.42 Å². The van der Waals surface area contributed by atoms with Crippen LogP contribution in [0.2, 0.25) is 0 Å². The Morgan fingerprint density at radius 1 is 1.14 bits per heavy atom. The maximum atomic E-state index is 12.6. The Bertz CT molecular complexity index is 782. The summed E-state index contributed by atoms with van der Waals surface area (Å²) in [5.41, 5.74) is 1.56. The van der Waals surface area contributed by atoms with Crippen LogP contribution in [0.4, 0.5) is 0 Å².